The monoisotopic (exact) mass is 268 g/mol. The average Bonchev–Trinajstić information content (AvgIpc) is 2.39. The van der Waals surface area contributed by atoms with Crippen molar-refractivity contribution in [1.29, 1.82) is 0 Å². The Kier molecular flexibility index (Phi) is 5.27. The molecule has 0 aromatic heterocycles. The number of ether oxygens (including phenoxy) is 1. The zero-order valence-corrected chi connectivity index (χ0v) is 13.2. The van der Waals surface area contributed by atoms with Gasteiger partial charge >= 0.3 is 0 Å². The summed E-state index contributed by atoms with van der Waals surface area (Å²) in [7, 11) is 3.98. The molecule has 2 fully saturated rings. The Hall–Kier alpha value is -0.120. The standard InChI is InChI=1S/C16H32N2O/c1-16(2)8-5-15(17-3)13(11-16)12-18-9-6-14(19-4)7-10-18/h13-15,17H,5-12H2,1-4H3. The quantitative estimate of drug-likeness (QED) is 0.848. The minimum absolute atomic E-state index is 0.499. The lowest BCUT2D eigenvalue weighted by Gasteiger charge is -2.43. The van der Waals surface area contributed by atoms with Crippen LogP contribution in [0.5, 0.6) is 0 Å². The molecule has 2 unspecified atom stereocenters. The first kappa shape index (κ1) is 15.3. The fraction of sp³-hybridized carbons (Fsp3) is 1.00. The molecule has 1 saturated heterocycles. The Labute approximate surface area is 119 Å². The van der Waals surface area contributed by atoms with Crippen molar-refractivity contribution in [2.45, 2.75) is 58.1 Å². The van der Waals surface area contributed by atoms with Crippen LogP contribution in [0.4, 0.5) is 0 Å². The molecular formula is C16H32N2O. The van der Waals surface area contributed by atoms with Gasteiger partial charge in [0.15, 0.2) is 0 Å². The maximum Gasteiger partial charge on any atom is 0.0595 e. The molecule has 1 saturated carbocycles. The molecule has 3 heteroatoms. The Morgan fingerprint density at radius 1 is 1.21 bits per heavy atom. The molecular weight excluding hydrogens is 236 g/mol. The van der Waals surface area contributed by atoms with Gasteiger partial charge in [-0.1, -0.05) is 13.8 Å². The van der Waals surface area contributed by atoms with Gasteiger partial charge < -0.3 is 15.0 Å². The topological polar surface area (TPSA) is 24.5 Å². The van der Waals surface area contributed by atoms with E-state index < -0.39 is 0 Å². The molecule has 0 radical (unpaired) electrons. The zero-order chi connectivity index (χ0) is 13.9. The van der Waals surface area contributed by atoms with Gasteiger partial charge in [0.2, 0.25) is 0 Å². The second-order valence-corrected chi connectivity index (χ2v) is 7.30. The number of methoxy groups -OCH3 is 1. The number of nitrogens with one attached hydrogen (secondary N) is 1. The van der Waals surface area contributed by atoms with E-state index in [1.807, 2.05) is 7.11 Å². The fourth-order valence-corrected chi connectivity index (χ4v) is 3.97. The highest BCUT2D eigenvalue weighted by Gasteiger charge is 2.35. The van der Waals surface area contributed by atoms with E-state index in [0.717, 1.165) is 5.92 Å². The summed E-state index contributed by atoms with van der Waals surface area (Å²) in [6.07, 6.45) is 6.97. The van der Waals surface area contributed by atoms with Gasteiger partial charge in [-0.2, -0.15) is 0 Å². The summed E-state index contributed by atoms with van der Waals surface area (Å²) in [4.78, 5) is 2.66. The second kappa shape index (κ2) is 6.55. The van der Waals surface area contributed by atoms with E-state index in [-0.39, 0.29) is 0 Å². The van der Waals surface area contributed by atoms with Crippen LogP contribution in [0, 0.1) is 11.3 Å². The third kappa shape index (κ3) is 4.17. The summed E-state index contributed by atoms with van der Waals surface area (Å²) >= 11 is 0. The predicted molar refractivity (Wildman–Crippen MR) is 80.4 cm³/mol. The molecule has 19 heavy (non-hydrogen) atoms. The lowest BCUT2D eigenvalue weighted by molar-refractivity contribution is 0.0258. The minimum Gasteiger partial charge on any atom is -0.381 e. The van der Waals surface area contributed by atoms with Crippen molar-refractivity contribution in [2.24, 2.45) is 11.3 Å². The molecule has 2 atom stereocenters. The van der Waals surface area contributed by atoms with E-state index in [1.54, 1.807) is 0 Å². The summed E-state index contributed by atoms with van der Waals surface area (Å²) in [6.45, 7) is 8.56. The number of rotatable bonds is 4. The molecule has 0 amide bonds. The average molecular weight is 268 g/mol. The Bertz CT molecular complexity index is 272. The Morgan fingerprint density at radius 2 is 1.89 bits per heavy atom. The van der Waals surface area contributed by atoms with Gasteiger partial charge in [-0.05, 0) is 50.5 Å². The lowest BCUT2D eigenvalue weighted by Crippen LogP contribution is -2.48. The van der Waals surface area contributed by atoms with Crippen molar-refractivity contribution in [3.8, 4) is 0 Å². The van der Waals surface area contributed by atoms with Crippen LogP contribution in [0.25, 0.3) is 0 Å². The van der Waals surface area contributed by atoms with Crippen molar-refractivity contribution in [3.05, 3.63) is 0 Å². The molecule has 112 valence electrons. The van der Waals surface area contributed by atoms with Crippen molar-refractivity contribution < 1.29 is 4.74 Å². The van der Waals surface area contributed by atoms with Crippen LogP contribution in [0.3, 0.4) is 0 Å². The van der Waals surface area contributed by atoms with Crippen molar-refractivity contribution in [2.75, 3.05) is 33.8 Å². The highest BCUT2D eigenvalue weighted by Crippen LogP contribution is 2.39. The summed E-state index contributed by atoms with van der Waals surface area (Å²) in [5, 5.41) is 3.55. The van der Waals surface area contributed by atoms with Gasteiger partial charge in [0, 0.05) is 32.8 Å². The number of hydrogen-bond donors (Lipinski definition) is 1. The van der Waals surface area contributed by atoms with Crippen molar-refractivity contribution in [1.82, 2.24) is 10.2 Å². The summed E-state index contributed by atoms with van der Waals surface area (Å²) < 4.78 is 5.47. The van der Waals surface area contributed by atoms with Gasteiger partial charge in [0.1, 0.15) is 0 Å². The molecule has 0 bridgehead atoms. The molecule has 1 N–H and O–H groups in total. The minimum atomic E-state index is 0.499. The predicted octanol–water partition coefficient (Wildman–Crippen LogP) is 2.51. The second-order valence-electron chi connectivity index (χ2n) is 7.30. The first-order valence-electron chi connectivity index (χ1n) is 7.96. The number of nitrogens with zero attached hydrogens (tertiary/aromatic N) is 1. The van der Waals surface area contributed by atoms with Crippen LogP contribution < -0.4 is 5.32 Å². The Morgan fingerprint density at radius 3 is 2.47 bits per heavy atom. The lowest BCUT2D eigenvalue weighted by atomic mass is 9.69. The Balaban J connectivity index is 1.85. The van der Waals surface area contributed by atoms with E-state index in [1.165, 1.54) is 51.7 Å². The van der Waals surface area contributed by atoms with Crippen LogP contribution >= 0.6 is 0 Å². The summed E-state index contributed by atoms with van der Waals surface area (Å²) in [5.41, 5.74) is 0.531. The van der Waals surface area contributed by atoms with Crippen LogP contribution in [0.2, 0.25) is 0 Å². The molecule has 1 aliphatic heterocycles. The zero-order valence-electron chi connectivity index (χ0n) is 13.2. The smallest absolute Gasteiger partial charge is 0.0595 e. The van der Waals surface area contributed by atoms with E-state index in [9.17, 15) is 0 Å². The molecule has 3 nitrogen and oxygen atoms in total. The highest BCUT2D eigenvalue weighted by molar-refractivity contribution is 4.90. The van der Waals surface area contributed by atoms with Crippen LogP contribution in [-0.4, -0.2) is 50.8 Å². The van der Waals surface area contributed by atoms with Crippen molar-refractivity contribution >= 4 is 0 Å². The maximum absolute atomic E-state index is 5.47. The van der Waals surface area contributed by atoms with E-state index in [0.29, 0.717) is 17.6 Å². The van der Waals surface area contributed by atoms with Gasteiger partial charge in [-0.25, -0.2) is 0 Å². The highest BCUT2D eigenvalue weighted by atomic mass is 16.5. The first-order valence-corrected chi connectivity index (χ1v) is 7.96. The van der Waals surface area contributed by atoms with Crippen LogP contribution in [0.15, 0.2) is 0 Å². The maximum atomic E-state index is 5.47. The molecule has 0 spiro atoms. The van der Waals surface area contributed by atoms with E-state index >= 15 is 0 Å². The van der Waals surface area contributed by atoms with Gasteiger partial charge in [0.25, 0.3) is 0 Å². The summed E-state index contributed by atoms with van der Waals surface area (Å²) in [5.74, 6) is 0.813. The molecule has 0 aromatic carbocycles. The van der Waals surface area contributed by atoms with E-state index in [2.05, 4.69) is 31.1 Å². The van der Waals surface area contributed by atoms with Gasteiger partial charge in [-0.3, -0.25) is 0 Å². The third-order valence-electron chi connectivity index (χ3n) is 5.25. The number of piperidine rings is 1. The SMILES string of the molecule is CNC1CCC(C)(C)CC1CN1CCC(OC)CC1. The van der Waals surface area contributed by atoms with Crippen LogP contribution in [-0.2, 0) is 4.74 Å². The number of likely N-dealkylation sites (tertiary alicyclic amines) is 1. The molecule has 2 rings (SSSR count). The number of hydrogen-bond acceptors (Lipinski definition) is 3. The summed E-state index contributed by atoms with van der Waals surface area (Å²) in [6, 6.07) is 0.716. The molecule has 2 aliphatic rings. The largest absolute Gasteiger partial charge is 0.381 e. The molecule has 1 aliphatic carbocycles. The van der Waals surface area contributed by atoms with Gasteiger partial charge in [0.05, 0.1) is 6.10 Å². The first-order chi connectivity index (χ1) is 9.04. The normalized spacial score (nSPS) is 33.5. The van der Waals surface area contributed by atoms with Crippen molar-refractivity contribution in [3.63, 3.8) is 0 Å². The fourth-order valence-electron chi connectivity index (χ4n) is 3.97. The van der Waals surface area contributed by atoms with Crippen LogP contribution in [0.1, 0.15) is 46.0 Å². The third-order valence-corrected chi connectivity index (χ3v) is 5.25. The molecule has 0 aromatic rings. The van der Waals surface area contributed by atoms with E-state index in [4.69, 9.17) is 4.74 Å². The molecule has 1 heterocycles. The van der Waals surface area contributed by atoms with Gasteiger partial charge in [-0.15, -0.1) is 0 Å².